The first-order valence-corrected chi connectivity index (χ1v) is 7.86. The minimum Gasteiger partial charge on any atom is -0.348 e. The average Bonchev–Trinajstić information content (AvgIpc) is 2.74. The molecule has 0 aromatic rings. The van der Waals surface area contributed by atoms with Gasteiger partial charge < -0.3 is 4.90 Å². The maximum Gasteiger partial charge on any atom is 0.159 e. The third kappa shape index (κ3) is 1.52. The van der Waals surface area contributed by atoms with Gasteiger partial charge in [-0.1, -0.05) is 6.92 Å². The molecule has 3 nitrogen and oxygen atoms in total. The van der Waals surface area contributed by atoms with E-state index in [1.807, 2.05) is 6.08 Å². The maximum absolute atomic E-state index is 12.2. The number of carbonyl (C=O) groups is 2. The van der Waals surface area contributed by atoms with Crippen molar-refractivity contribution in [1.29, 1.82) is 0 Å². The summed E-state index contributed by atoms with van der Waals surface area (Å²) in [5, 5.41) is 0. The summed E-state index contributed by atoms with van der Waals surface area (Å²) in [6.07, 6.45) is 8.33. The lowest BCUT2D eigenvalue weighted by Gasteiger charge is -2.46. The van der Waals surface area contributed by atoms with Crippen LogP contribution < -0.4 is 0 Å². The predicted octanol–water partition coefficient (Wildman–Crippen LogP) is 2.97. The SMILES string of the molecule is C[C@]12CCC3=C(CCC4=CC(=O)CCN43)C1CCC2=O. The lowest BCUT2D eigenvalue weighted by molar-refractivity contribution is -0.126. The van der Waals surface area contributed by atoms with Crippen LogP contribution in [0.4, 0.5) is 0 Å². The summed E-state index contributed by atoms with van der Waals surface area (Å²) in [5.74, 6) is 1.22. The molecule has 1 fully saturated rings. The van der Waals surface area contributed by atoms with E-state index >= 15 is 0 Å². The van der Waals surface area contributed by atoms with Gasteiger partial charge in [-0.25, -0.2) is 0 Å². The van der Waals surface area contributed by atoms with Gasteiger partial charge in [0, 0.05) is 42.3 Å². The minimum absolute atomic E-state index is 0.0916. The van der Waals surface area contributed by atoms with Gasteiger partial charge in [-0.15, -0.1) is 0 Å². The van der Waals surface area contributed by atoms with Crippen LogP contribution in [0.1, 0.15) is 51.9 Å². The third-order valence-corrected chi connectivity index (χ3v) is 5.97. The number of rotatable bonds is 0. The molecule has 0 aromatic carbocycles. The highest BCUT2D eigenvalue weighted by molar-refractivity contribution is 5.91. The van der Waals surface area contributed by atoms with Crippen molar-refractivity contribution in [3.63, 3.8) is 0 Å². The average molecular weight is 271 g/mol. The lowest BCUT2D eigenvalue weighted by atomic mass is 9.65. The van der Waals surface area contributed by atoms with Crippen LogP contribution in [0.5, 0.6) is 0 Å². The van der Waals surface area contributed by atoms with Crippen molar-refractivity contribution in [2.24, 2.45) is 11.3 Å². The van der Waals surface area contributed by atoms with E-state index in [1.54, 1.807) is 0 Å². The minimum atomic E-state index is -0.0916. The van der Waals surface area contributed by atoms with Gasteiger partial charge in [0.05, 0.1) is 0 Å². The van der Waals surface area contributed by atoms with E-state index in [0.717, 1.165) is 45.1 Å². The van der Waals surface area contributed by atoms with Crippen molar-refractivity contribution in [3.05, 3.63) is 23.0 Å². The van der Waals surface area contributed by atoms with E-state index in [1.165, 1.54) is 17.0 Å². The summed E-state index contributed by atoms with van der Waals surface area (Å²) in [6.45, 7) is 3.03. The molecule has 0 aromatic heterocycles. The predicted molar refractivity (Wildman–Crippen MR) is 75.7 cm³/mol. The van der Waals surface area contributed by atoms with E-state index in [9.17, 15) is 9.59 Å². The molecule has 2 heterocycles. The number of allylic oxidation sites excluding steroid dienone is 4. The highest BCUT2D eigenvalue weighted by Gasteiger charge is 2.51. The zero-order chi connectivity index (χ0) is 13.9. The quantitative estimate of drug-likeness (QED) is 0.679. The van der Waals surface area contributed by atoms with E-state index < -0.39 is 0 Å². The number of carbonyl (C=O) groups excluding carboxylic acids is 2. The molecule has 0 amide bonds. The Morgan fingerprint density at radius 1 is 1.15 bits per heavy atom. The number of hydrogen-bond donors (Lipinski definition) is 0. The molecule has 3 heteroatoms. The second-order valence-electron chi connectivity index (χ2n) is 6.91. The van der Waals surface area contributed by atoms with Crippen LogP contribution in [0.2, 0.25) is 0 Å². The van der Waals surface area contributed by atoms with Crippen LogP contribution >= 0.6 is 0 Å². The van der Waals surface area contributed by atoms with Crippen molar-refractivity contribution >= 4 is 11.6 Å². The second-order valence-corrected chi connectivity index (χ2v) is 6.91. The van der Waals surface area contributed by atoms with Crippen LogP contribution in [0.15, 0.2) is 23.0 Å². The highest BCUT2D eigenvalue weighted by Crippen LogP contribution is 2.55. The Kier molecular flexibility index (Phi) is 2.51. The Morgan fingerprint density at radius 2 is 2.00 bits per heavy atom. The molecule has 0 saturated heterocycles. The normalized spacial score (nSPS) is 36.5. The Balaban J connectivity index is 1.76. The van der Waals surface area contributed by atoms with Gasteiger partial charge >= 0.3 is 0 Å². The fourth-order valence-corrected chi connectivity index (χ4v) is 4.79. The maximum atomic E-state index is 12.2. The molecule has 0 bridgehead atoms. The molecule has 4 aliphatic rings. The number of fused-ring (bicyclic) bond motifs is 4. The van der Waals surface area contributed by atoms with Gasteiger partial charge in [0.2, 0.25) is 0 Å². The van der Waals surface area contributed by atoms with Crippen molar-refractivity contribution in [2.75, 3.05) is 6.54 Å². The third-order valence-electron chi connectivity index (χ3n) is 5.97. The molecule has 2 aliphatic carbocycles. The van der Waals surface area contributed by atoms with Crippen LogP contribution in [0.3, 0.4) is 0 Å². The molecule has 4 rings (SSSR count). The van der Waals surface area contributed by atoms with Crippen molar-refractivity contribution < 1.29 is 9.59 Å². The summed E-state index contributed by atoms with van der Waals surface area (Å²) in [6, 6.07) is 0. The highest BCUT2D eigenvalue weighted by atomic mass is 16.1. The fourth-order valence-electron chi connectivity index (χ4n) is 4.79. The van der Waals surface area contributed by atoms with Gasteiger partial charge in [-0.2, -0.15) is 0 Å². The largest absolute Gasteiger partial charge is 0.348 e. The zero-order valence-electron chi connectivity index (χ0n) is 12.1. The summed E-state index contributed by atoms with van der Waals surface area (Å²) in [7, 11) is 0. The number of nitrogens with zero attached hydrogens (tertiary/aromatic N) is 1. The fraction of sp³-hybridized carbons (Fsp3) is 0.647. The van der Waals surface area contributed by atoms with Gasteiger partial charge in [0.15, 0.2) is 5.78 Å². The summed E-state index contributed by atoms with van der Waals surface area (Å²) in [5.41, 5.74) is 4.11. The Bertz CT molecular complexity index is 572. The zero-order valence-corrected chi connectivity index (χ0v) is 12.1. The van der Waals surface area contributed by atoms with Gasteiger partial charge in [0.25, 0.3) is 0 Å². The van der Waals surface area contributed by atoms with Gasteiger partial charge in [-0.05, 0) is 43.6 Å². The Morgan fingerprint density at radius 3 is 2.85 bits per heavy atom. The van der Waals surface area contributed by atoms with Gasteiger partial charge in [0.1, 0.15) is 5.78 Å². The molecule has 20 heavy (non-hydrogen) atoms. The molecule has 0 radical (unpaired) electrons. The molecule has 2 atom stereocenters. The Labute approximate surface area is 119 Å². The lowest BCUT2D eigenvalue weighted by Crippen LogP contribution is -2.41. The van der Waals surface area contributed by atoms with Crippen LogP contribution in [-0.2, 0) is 9.59 Å². The van der Waals surface area contributed by atoms with Crippen LogP contribution in [0.25, 0.3) is 0 Å². The molecule has 1 unspecified atom stereocenters. The summed E-state index contributed by atoms with van der Waals surface area (Å²) in [4.78, 5) is 26.2. The standard InChI is InChI=1S/C17H21NO2/c1-17-8-6-15-13(14(17)4-5-16(17)20)3-2-11-10-12(19)7-9-18(11)15/h10,14H,2-9H2,1H3/t14?,17-/m0/s1. The molecule has 2 aliphatic heterocycles. The van der Waals surface area contributed by atoms with E-state index in [-0.39, 0.29) is 11.2 Å². The number of hydrogen-bond acceptors (Lipinski definition) is 3. The molecule has 1 saturated carbocycles. The molecule has 0 spiro atoms. The van der Waals surface area contributed by atoms with Gasteiger partial charge in [-0.3, -0.25) is 9.59 Å². The van der Waals surface area contributed by atoms with E-state index in [4.69, 9.17) is 0 Å². The molecular weight excluding hydrogens is 250 g/mol. The molecule has 0 N–H and O–H groups in total. The van der Waals surface area contributed by atoms with E-state index in [2.05, 4.69) is 11.8 Å². The first-order chi connectivity index (χ1) is 9.59. The monoisotopic (exact) mass is 271 g/mol. The van der Waals surface area contributed by atoms with Crippen LogP contribution in [-0.4, -0.2) is 23.0 Å². The van der Waals surface area contributed by atoms with Crippen molar-refractivity contribution in [1.82, 2.24) is 4.90 Å². The first kappa shape index (κ1) is 12.4. The smallest absolute Gasteiger partial charge is 0.159 e. The van der Waals surface area contributed by atoms with E-state index in [0.29, 0.717) is 18.1 Å². The van der Waals surface area contributed by atoms with Crippen molar-refractivity contribution in [2.45, 2.75) is 51.9 Å². The summed E-state index contributed by atoms with van der Waals surface area (Å²) >= 11 is 0. The second kappa shape index (κ2) is 4.06. The van der Waals surface area contributed by atoms with Crippen LogP contribution in [0, 0.1) is 11.3 Å². The topological polar surface area (TPSA) is 37.4 Å². The first-order valence-electron chi connectivity index (χ1n) is 7.86. The number of Topliss-reactive ketones (excluding diaryl/α,β-unsaturated/α-hetero) is 1. The summed E-state index contributed by atoms with van der Waals surface area (Å²) < 4.78 is 0. The Hall–Kier alpha value is -1.38. The molecule has 106 valence electrons. The van der Waals surface area contributed by atoms with Crippen molar-refractivity contribution in [3.8, 4) is 0 Å². The number of ketones is 2. The molecular formula is C17H21NO2.